The largest absolute Gasteiger partial charge is 0.445 e. The van der Waals surface area contributed by atoms with Crippen LogP contribution in [0.4, 0.5) is 18.0 Å². The Hall–Kier alpha value is -2.51. The number of ether oxygens (including phenoxy) is 1. The Bertz CT molecular complexity index is 571. The molecule has 0 aliphatic rings. The maximum Gasteiger partial charge on any atom is 0.416 e. The van der Waals surface area contributed by atoms with E-state index in [-0.39, 0.29) is 25.6 Å². The third kappa shape index (κ3) is 6.72. The van der Waals surface area contributed by atoms with Crippen LogP contribution in [0.25, 0.3) is 0 Å². The van der Waals surface area contributed by atoms with Crippen molar-refractivity contribution >= 4 is 12.0 Å². The highest BCUT2D eigenvalue weighted by Gasteiger charge is 2.30. The fourth-order valence-corrected chi connectivity index (χ4v) is 1.91. The van der Waals surface area contributed by atoms with Crippen LogP contribution in [0.5, 0.6) is 0 Å². The van der Waals surface area contributed by atoms with Crippen LogP contribution in [-0.4, -0.2) is 31.7 Å². The van der Waals surface area contributed by atoms with Crippen molar-refractivity contribution in [2.45, 2.75) is 19.0 Å². The van der Waals surface area contributed by atoms with Gasteiger partial charge in [-0.25, -0.2) is 4.79 Å². The van der Waals surface area contributed by atoms with E-state index in [1.807, 2.05) is 0 Å². The van der Waals surface area contributed by atoms with Gasteiger partial charge in [0.1, 0.15) is 6.61 Å². The highest BCUT2D eigenvalue weighted by molar-refractivity contribution is 5.73. The van der Waals surface area contributed by atoms with Crippen molar-refractivity contribution in [2.24, 2.45) is 0 Å². The van der Waals surface area contributed by atoms with Crippen molar-refractivity contribution in [1.29, 1.82) is 0 Å². The minimum atomic E-state index is -4.42. The smallest absolute Gasteiger partial charge is 0.416 e. The van der Waals surface area contributed by atoms with E-state index in [0.29, 0.717) is 5.56 Å². The van der Waals surface area contributed by atoms with Gasteiger partial charge in [0.15, 0.2) is 0 Å². The van der Waals surface area contributed by atoms with Crippen molar-refractivity contribution in [3.8, 4) is 0 Å². The van der Waals surface area contributed by atoms with Crippen molar-refractivity contribution in [3.63, 3.8) is 0 Å². The first kappa shape index (κ1) is 19.5. The van der Waals surface area contributed by atoms with E-state index in [2.05, 4.69) is 17.2 Å². The van der Waals surface area contributed by atoms with Crippen LogP contribution in [0.2, 0.25) is 0 Å². The first-order valence-corrected chi connectivity index (χ1v) is 7.17. The number of rotatable bonds is 7. The Morgan fingerprint density at radius 3 is 2.29 bits per heavy atom. The summed E-state index contributed by atoms with van der Waals surface area (Å²) in [6.45, 7) is 5.05. The van der Waals surface area contributed by atoms with Gasteiger partial charge < -0.3 is 15.4 Å². The van der Waals surface area contributed by atoms with Crippen LogP contribution in [0.15, 0.2) is 36.9 Å². The molecule has 2 N–H and O–H groups in total. The average molecular weight is 344 g/mol. The topological polar surface area (TPSA) is 67.4 Å². The summed E-state index contributed by atoms with van der Waals surface area (Å²) in [6, 6.07) is 4.58. The third-order valence-corrected chi connectivity index (χ3v) is 3.13. The summed E-state index contributed by atoms with van der Waals surface area (Å²) >= 11 is 0. The molecular formula is C16H19F3N2O3. The van der Waals surface area contributed by atoms with Crippen LogP contribution in [-0.2, 0) is 15.7 Å². The van der Waals surface area contributed by atoms with Crippen LogP contribution in [0.1, 0.15) is 24.0 Å². The number of alkyl halides is 3. The summed E-state index contributed by atoms with van der Waals surface area (Å²) in [4.78, 5) is 22.5. The molecule has 0 aliphatic heterocycles. The van der Waals surface area contributed by atoms with E-state index < -0.39 is 23.8 Å². The van der Waals surface area contributed by atoms with E-state index in [1.54, 1.807) is 0 Å². The van der Waals surface area contributed by atoms with Crippen LogP contribution >= 0.6 is 0 Å². The lowest BCUT2D eigenvalue weighted by Gasteiger charge is -2.19. The predicted octanol–water partition coefficient (Wildman–Crippen LogP) is 2.84. The molecule has 1 aromatic carbocycles. The molecule has 1 aromatic rings. The van der Waals surface area contributed by atoms with Gasteiger partial charge in [0.05, 0.1) is 5.56 Å². The molecule has 132 valence electrons. The molecule has 0 heterocycles. The second-order valence-electron chi connectivity index (χ2n) is 5.02. The monoisotopic (exact) mass is 344 g/mol. The first-order chi connectivity index (χ1) is 11.2. The molecule has 0 aromatic heterocycles. The quantitative estimate of drug-likeness (QED) is 0.748. The molecule has 0 fully saturated rings. The van der Waals surface area contributed by atoms with E-state index in [9.17, 15) is 22.8 Å². The van der Waals surface area contributed by atoms with Gasteiger partial charge in [-0.15, -0.1) is 0 Å². The van der Waals surface area contributed by atoms with Crippen LogP contribution in [0, 0.1) is 0 Å². The molecule has 8 heteroatoms. The molecule has 0 unspecified atom stereocenters. The molecular weight excluding hydrogens is 325 g/mol. The summed E-state index contributed by atoms with van der Waals surface area (Å²) in [7, 11) is 0. The molecule has 0 saturated carbocycles. The van der Waals surface area contributed by atoms with Crippen molar-refractivity contribution < 1.29 is 27.5 Å². The predicted molar refractivity (Wildman–Crippen MR) is 82.4 cm³/mol. The summed E-state index contributed by atoms with van der Waals surface area (Å²) < 4.78 is 42.6. The lowest BCUT2D eigenvalue weighted by molar-refractivity contribution is -0.137. The van der Waals surface area contributed by atoms with Crippen molar-refractivity contribution in [2.75, 3.05) is 19.7 Å². The molecule has 1 rings (SSSR count). The Labute approximate surface area is 137 Å². The van der Waals surface area contributed by atoms with Crippen LogP contribution < -0.4 is 10.6 Å². The second-order valence-corrected chi connectivity index (χ2v) is 5.02. The van der Waals surface area contributed by atoms with Crippen molar-refractivity contribution in [1.82, 2.24) is 10.6 Å². The zero-order chi connectivity index (χ0) is 18.2. The zero-order valence-electron chi connectivity index (χ0n) is 13.2. The van der Waals surface area contributed by atoms with Gasteiger partial charge in [-0.2, -0.15) is 13.2 Å². The SMILES string of the molecule is C=CCOC(=O)NC[C@@H](CNC(C)=O)c1ccc(C(F)(F)F)cc1. The lowest BCUT2D eigenvalue weighted by Crippen LogP contribution is -2.35. The van der Waals surface area contributed by atoms with Gasteiger partial charge in [0.2, 0.25) is 5.91 Å². The molecule has 0 saturated heterocycles. The summed E-state index contributed by atoms with van der Waals surface area (Å²) in [5.74, 6) is -0.673. The third-order valence-electron chi connectivity index (χ3n) is 3.13. The van der Waals surface area contributed by atoms with E-state index in [0.717, 1.165) is 12.1 Å². The average Bonchev–Trinajstić information content (AvgIpc) is 2.52. The molecule has 0 radical (unpaired) electrons. The number of hydrogen-bond donors (Lipinski definition) is 2. The van der Waals surface area contributed by atoms with Crippen molar-refractivity contribution in [3.05, 3.63) is 48.0 Å². The zero-order valence-corrected chi connectivity index (χ0v) is 13.2. The Morgan fingerprint density at radius 2 is 1.79 bits per heavy atom. The maximum absolute atomic E-state index is 12.6. The minimum Gasteiger partial charge on any atom is -0.445 e. The fourth-order valence-electron chi connectivity index (χ4n) is 1.91. The highest BCUT2D eigenvalue weighted by Crippen LogP contribution is 2.30. The number of carbonyl (C=O) groups excluding carboxylic acids is 2. The molecule has 0 bridgehead atoms. The number of benzene rings is 1. The number of hydrogen-bond acceptors (Lipinski definition) is 3. The van der Waals surface area contributed by atoms with Gasteiger partial charge >= 0.3 is 12.3 Å². The van der Waals surface area contributed by atoms with Gasteiger partial charge in [-0.05, 0) is 17.7 Å². The fraction of sp³-hybridized carbons (Fsp3) is 0.375. The van der Waals surface area contributed by atoms with Gasteiger partial charge in [-0.1, -0.05) is 24.8 Å². The number of alkyl carbamates (subject to hydrolysis) is 1. The van der Waals surface area contributed by atoms with Crippen LogP contribution in [0.3, 0.4) is 0 Å². The van der Waals surface area contributed by atoms with Gasteiger partial charge in [-0.3, -0.25) is 4.79 Å². The maximum atomic E-state index is 12.6. The summed E-state index contributed by atoms with van der Waals surface area (Å²) in [5, 5.41) is 5.09. The van der Waals surface area contributed by atoms with E-state index in [1.165, 1.54) is 25.1 Å². The standard InChI is InChI=1S/C16H19F3N2O3/c1-3-8-24-15(23)21-10-13(9-20-11(2)22)12-4-6-14(7-5-12)16(17,18)19/h3-7,13H,1,8-10H2,2H3,(H,20,22)(H,21,23)/t13-/m1/s1. The molecule has 0 aliphatic carbocycles. The highest BCUT2D eigenvalue weighted by atomic mass is 19.4. The molecule has 0 spiro atoms. The molecule has 24 heavy (non-hydrogen) atoms. The second kappa shape index (κ2) is 8.95. The number of amides is 2. The summed E-state index contributed by atoms with van der Waals surface area (Å²) in [5.41, 5.74) is -0.205. The Balaban J connectivity index is 2.79. The minimum absolute atomic E-state index is 0.0441. The molecule has 5 nitrogen and oxygen atoms in total. The molecule has 1 atom stereocenters. The number of carbonyl (C=O) groups is 2. The Kier molecular flexibility index (Phi) is 7.29. The number of nitrogens with one attached hydrogen (secondary N) is 2. The lowest BCUT2D eigenvalue weighted by atomic mass is 9.97. The van der Waals surface area contributed by atoms with Gasteiger partial charge in [0.25, 0.3) is 0 Å². The van der Waals surface area contributed by atoms with Gasteiger partial charge in [0, 0.05) is 25.9 Å². The van der Waals surface area contributed by atoms with E-state index in [4.69, 9.17) is 4.74 Å². The number of halogens is 3. The normalized spacial score (nSPS) is 12.2. The first-order valence-electron chi connectivity index (χ1n) is 7.17. The Morgan fingerprint density at radius 1 is 1.21 bits per heavy atom. The summed E-state index contributed by atoms with van der Waals surface area (Å²) in [6.07, 6.45) is -3.68. The molecule has 2 amide bonds. The van der Waals surface area contributed by atoms with E-state index >= 15 is 0 Å².